The quantitative estimate of drug-likeness (QED) is 0.631. The van der Waals surface area contributed by atoms with Gasteiger partial charge >= 0.3 is 0 Å². The number of benzene rings is 2. The fourth-order valence-corrected chi connectivity index (χ4v) is 3.73. The predicted molar refractivity (Wildman–Crippen MR) is 112 cm³/mol. The summed E-state index contributed by atoms with van der Waals surface area (Å²) in [5.74, 6) is -0.0401. The van der Waals surface area contributed by atoms with Crippen LogP contribution in [0.5, 0.6) is 5.75 Å². The van der Waals surface area contributed by atoms with Crippen LogP contribution in [0.25, 0.3) is 0 Å². The number of amides is 1. The molecule has 0 saturated heterocycles. The number of rotatable bonds is 5. The van der Waals surface area contributed by atoms with Crippen LogP contribution >= 0.6 is 11.6 Å². The number of aromatic nitrogens is 3. The maximum absolute atomic E-state index is 14.8. The van der Waals surface area contributed by atoms with E-state index >= 15 is 0 Å². The Kier molecular flexibility index (Phi) is 5.41. The largest absolute Gasteiger partial charge is 0.492 e. The Bertz CT molecular complexity index is 1120. The number of para-hydroxylation sites is 2. The number of hydrogen-bond acceptors (Lipinski definition) is 5. The fourth-order valence-electron chi connectivity index (χ4n) is 3.46. The highest BCUT2D eigenvalue weighted by atomic mass is 35.5. The van der Waals surface area contributed by atoms with Gasteiger partial charge in [-0.15, -0.1) is 0 Å². The van der Waals surface area contributed by atoms with Crippen molar-refractivity contribution in [2.24, 2.45) is 0 Å². The molecule has 1 aromatic heterocycles. The van der Waals surface area contributed by atoms with Gasteiger partial charge in [0.25, 0.3) is 5.91 Å². The van der Waals surface area contributed by atoms with E-state index in [0.29, 0.717) is 29.7 Å². The van der Waals surface area contributed by atoms with Gasteiger partial charge in [0, 0.05) is 16.3 Å². The summed E-state index contributed by atoms with van der Waals surface area (Å²) in [4.78, 5) is 17.5. The zero-order valence-corrected chi connectivity index (χ0v) is 17.1. The second-order valence-corrected chi connectivity index (χ2v) is 7.02. The Labute approximate surface area is 177 Å². The topological polar surface area (TPSA) is 81.1 Å². The fraction of sp³-hybridized carbons (Fsp3) is 0.190. The van der Waals surface area contributed by atoms with Crippen LogP contribution in [0.4, 0.5) is 16.0 Å². The van der Waals surface area contributed by atoms with E-state index in [1.807, 2.05) is 13.0 Å². The van der Waals surface area contributed by atoms with Crippen LogP contribution in [0.3, 0.4) is 0 Å². The van der Waals surface area contributed by atoms with Gasteiger partial charge in [0.05, 0.1) is 17.9 Å². The molecule has 2 aromatic carbocycles. The van der Waals surface area contributed by atoms with Crippen molar-refractivity contribution in [3.05, 3.63) is 76.5 Å². The molecule has 0 saturated carbocycles. The normalized spacial score (nSPS) is 15.4. The minimum atomic E-state index is -0.892. The number of carbonyl (C=O) groups is 1. The number of fused-ring (bicyclic) bond motifs is 1. The SMILES string of the molecule is CCOc1ccccc1NC(=O)C1=C(C)Nc2ncnn2C1c1c(F)cccc1Cl. The van der Waals surface area contributed by atoms with Crippen molar-refractivity contribution >= 4 is 29.1 Å². The molecule has 0 bridgehead atoms. The Morgan fingerprint density at radius 3 is 2.87 bits per heavy atom. The van der Waals surface area contributed by atoms with E-state index in [2.05, 4.69) is 20.7 Å². The second-order valence-electron chi connectivity index (χ2n) is 6.61. The summed E-state index contributed by atoms with van der Waals surface area (Å²) in [6.07, 6.45) is 1.34. The first-order chi connectivity index (χ1) is 14.5. The van der Waals surface area contributed by atoms with Gasteiger partial charge in [-0.3, -0.25) is 4.79 Å². The number of hydrogen-bond donors (Lipinski definition) is 2. The molecule has 1 atom stereocenters. The zero-order valence-electron chi connectivity index (χ0n) is 16.3. The van der Waals surface area contributed by atoms with Crippen molar-refractivity contribution < 1.29 is 13.9 Å². The standard InChI is InChI=1S/C21H19ClFN5O2/c1-3-30-16-10-5-4-9-15(16)27-20(29)17-12(2)26-21-24-11-25-28(21)19(17)18-13(22)7-6-8-14(18)23/h4-11,19H,3H2,1-2H3,(H,27,29)(H,24,25,26). The number of carbonyl (C=O) groups excluding carboxylic acids is 1. The molecule has 154 valence electrons. The average molecular weight is 428 g/mol. The van der Waals surface area contributed by atoms with E-state index in [4.69, 9.17) is 16.3 Å². The lowest BCUT2D eigenvalue weighted by Crippen LogP contribution is -2.32. The number of nitrogens with one attached hydrogen (secondary N) is 2. The van der Waals surface area contributed by atoms with Crippen LogP contribution in [0.1, 0.15) is 25.5 Å². The van der Waals surface area contributed by atoms with E-state index in [9.17, 15) is 9.18 Å². The van der Waals surface area contributed by atoms with Gasteiger partial charge in [-0.05, 0) is 38.1 Å². The van der Waals surface area contributed by atoms with E-state index in [1.54, 1.807) is 31.2 Å². The molecule has 1 aliphatic heterocycles. The highest BCUT2D eigenvalue weighted by Crippen LogP contribution is 2.39. The number of allylic oxidation sites excluding steroid dienone is 1. The van der Waals surface area contributed by atoms with E-state index in [-0.39, 0.29) is 16.2 Å². The average Bonchev–Trinajstić information content (AvgIpc) is 3.17. The zero-order chi connectivity index (χ0) is 21.3. The summed E-state index contributed by atoms with van der Waals surface area (Å²) in [7, 11) is 0. The molecule has 1 aliphatic rings. The maximum atomic E-state index is 14.8. The Balaban J connectivity index is 1.80. The smallest absolute Gasteiger partial charge is 0.255 e. The van der Waals surface area contributed by atoms with Crippen LogP contribution < -0.4 is 15.4 Å². The molecule has 0 spiro atoms. The van der Waals surface area contributed by atoms with Gasteiger partial charge in [0.1, 0.15) is 23.9 Å². The van der Waals surface area contributed by atoms with Crippen molar-refractivity contribution in [3.8, 4) is 5.75 Å². The highest BCUT2D eigenvalue weighted by molar-refractivity contribution is 6.31. The minimum absolute atomic E-state index is 0.148. The monoisotopic (exact) mass is 427 g/mol. The Morgan fingerprint density at radius 1 is 1.30 bits per heavy atom. The number of anilines is 2. The van der Waals surface area contributed by atoms with Crippen molar-refractivity contribution in [1.82, 2.24) is 14.8 Å². The van der Waals surface area contributed by atoms with Gasteiger partial charge in [-0.1, -0.05) is 29.8 Å². The predicted octanol–water partition coefficient (Wildman–Crippen LogP) is 4.40. The van der Waals surface area contributed by atoms with Crippen molar-refractivity contribution in [2.45, 2.75) is 19.9 Å². The summed E-state index contributed by atoms with van der Waals surface area (Å²) >= 11 is 6.34. The number of nitrogens with zero attached hydrogens (tertiary/aromatic N) is 3. The van der Waals surface area contributed by atoms with Crippen molar-refractivity contribution in [2.75, 3.05) is 17.2 Å². The van der Waals surface area contributed by atoms with E-state index in [1.165, 1.54) is 23.1 Å². The molecule has 1 unspecified atom stereocenters. The lowest BCUT2D eigenvalue weighted by Gasteiger charge is -2.29. The molecule has 0 fully saturated rings. The van der Waals surface area contributed by atoms with E-state index in [0.717, 1.165) is 0 Å². The second kappa shape index (κ2) is 8.16. The summed E-state index contributed by atoms with van der Waals surface area (Å²) in [6.45, 7) is 4.04. The lowest BCUT2D eigenvalue weighted by molar-refractivity contribution is -0.113. The molecule has 2 heterocycles. The molecular formula is C21H19ClFN5O2. The van der Waals surface area contributed by atoms with Crippen LogP contribution in [0, 0.1) is 5.82 Å². The van der Waals surface area contributed by atoms with Gasteiger partial charge in [0.15, 0.2) is 0 Å². The van der Waals surface area contributed by atoms with Crippen LogP contribution in [0.15, 0.2) is 60.1 Å². The molecule has 0 radical (unpaired) electrons. The summed E-state index contributed by atoms with van der Waals surface area (Å²) < 4.78 is 21.9. The van der Waals surface area contributed by atoms with Crippen LogP contribution in [-0.2, 0) is 4.79 Å². The Morgan fingerprint density at radius 2 is 2.10 bits per heavy atom. The third kappa shape index (κ3) is 3.50. The molecule has 7 nitrogen and oxygen atoms in total. The molecule has 30 heavy (non-hydrogen) atoms. The molecule has 4 rings (SSSR count). The molecule has 9 heteroatoms. The van der Waals surface area contributed by atoms with Gasteiger partial charge in [0.2, 0.25) is 5.95 Å². The highest BCUT2D eigenvalue weighted by Gasteiger charge is 2.36. The Hall–Kier alpha value is -3.39. The first-order valence-electron chi connectivity index (χ1n) is 9.35. The van der Waals surface area contributed by atoms with Gasteiger partial charge in [-0.2, -0.15) is 10.1 Å². The summed E-state index contributed by atoms with van der Waals surface area (Å²) in [5.41, 5.74) is 1.44. The first-order valence-corrected chi connectivity index (χ1v) is 9.73. The van der Waals surface area contributed by atoms with E-state index < -0.39 is 17.8 Å². The van der Waals surface area contributed by atoms with Crippen molar-refractivity contribution in [3.63, 3.8) is 0 Å². The van der Waals surface area contributed by atoms with Crippen LogP contribution in [0.2, 0.25) is 5.02 Å². The van der Waals surface area contributed by atoms with Gasteiger partial charge in [-0.25, -0.2) is 9.07 Å². The molecule has 3 aromatic rings. The van der Waals surface area contributed by atoms with Gasteiger partial charge < -0.3 is 15.4 Å². The maximum Gasteiger partial charge on any atom is 0.255 e. The van der Waals surface area contributed by atoms with Crippen molar-refractivity contribution in [1.29, 1.82) is 0 Å². The summed E-state index contributed by atoms with van der Waals surface area (Å²) in [5, 5.41) is 10.3. The first kappa shape index (κ1) is 19.9. The van der Waals surface area contributed by atoms with Crippen LogP contribution in [-0.4, -0.2) is 27.3 Å². The molecule has 0 aliphatic carbocycles. The third-order valence-electron chi connectivity index (χ3n) is 4.75. The number of ether oxygens (including phenoxy) is 1. The minimum Gasteiger partial charge on any atom is -0.492 e. The third-order valence-corrected chi connectivity index (χ3v) is 5.08. The molecule has 1 amide bonds. The molecular weight excluding hydrogens is 409 g/mol. The molecule has 2 N–H and O–H groups in total. The number of halogens is 2. The lowest BCUT2D eigenvalue weighted by atomic mass is 9.94. The summed E-state index contributed by atoms with van der Waals surface area (Å²) in [6, 6.07) is 10.6.